The quantitative estimate of drug-likeness (QED) is 0.830. The van der Waals surface area contributed by atoms with Gasteiger partial charge in [-0.25, -0.2) is 0 Å². The average Bonchev–Trinajstić information content (AvgIpc) is 2.55. The molecule has 0 atom stereocenters. The Hall–Kier alpha value is -1.19. The van der Waals surface area contributed by atoms with Gasteiger partial charge in [0.05, 0.1) is 23.5 Å². The molecule has 0 amide bonds. The Balaban J connectivity index is 2.64. The van der Waals surface area contributed by atoms with E-state index in [4.69, 9.17) is 27.9 Å². The summed E-state index contributed by atoms with van der Waals surface area (Å²) in [6, 6.07) is 5.28. The van der Waals surface area contributed by atoms with E-state index >= 15 is 0 Å². The molecule has 0 radical (unpaired) electrons. The Morgan fingerprint density at radius 1 is 1.24 bits per heavy atom. The number of aryl methyl sites for hydroxylation is 1. The normalized spacial score (nSPS) is 10.6. The highest BCUT2D eigenvalue weighted by molar-refractivity contribution is 6.35. The molecule has 0 fully saturated rings. The predicted molar refractivity (Wildman–Crippen MR) is 69.6 cm³/mol. The van der Waals surface area contributed by atoms with E-state index in [-0.39, 0.29) is 0 Å². The topological polar surface area (TPSA) is 27.1 Å². The van der Waals surface area contributed by atoms with Crippen molar-refractivity contribution in [2.45, 2.75) is 13.8 Å². The summed E-state index contributed by atoms with van der Waals surface area (Å²) in [6.45, 7) is 3.89. The molecule has 0 spiro atoms. The molecule has 0 aliphatic rings. The highest BCUT2D eigenvalue weighted by atomic mass is 35.5. The zero-order valence-corrected chi connectivity index (χ0v) is 11.3. The fourth-order valence-electron chi connectivity index (χ4n) is 1.64. The minimum atomic E-state index is 0.540. The molecule has 0 saturated heterocycles. The van der Waals surface area contributed by atoms with Crippen molar-refractivity contribution >= 4 is 23.2 Å². The molecule has 0 aliphatic carbocycles. The maximum absolute atomic E-state index is 6.15. The van der Waals surface area contributed by atoms with E-state index in [0.29, 0.717) is 15.9 Å². The third kappa shape index (κ3) is 2.13. The second-order valence-corrected chi connectivity index (χ2v) is 4.57. The molecule has 0 aliphatic heterocycles. The Labute approximate surface area is 110 Å². The van der Waals surface area contributed by atoms with E-state index in [1.807, 2.05) is 19.9 Å². The van der Waals surface area contributed by atoms with Gasteiger partial charge in [0, 0.05) is 10.6 Å². The Morgan fingerprint density at radius 2 is 1.94 bits per heavy atom. The number of hydrogen-bond acceptors (Lipinski definition) is 2. The van der Waals surface area contributed by atoms with Gasteiger partial charge < -0.3 is 4.74 Å². The molecular formula is C12H12Cl2N2O. The fourth-order valence-corrected chi connectivity index (χ4v) is 2.13. The molecule has 0 bridgehead atoms. The second kappa shape index (κ2) is 4.59. The van der Waals surface area contributed by atoms with Crippen LogP contribution in [-0.4, -0.2) is 16.9 Å². The fraction of sp³-hybridized carbons (Fsp3) is 0.250. The lowest BCUT2D eigenvalue weighted by molar-refractivity contribution is 0.381. The summed E-state index contributed by atoms with van der Waals surface area (Å²) in [5.74, 6) is 0.687. The third-order valence-electron chi connectivity index (χ3n) is 2.64. The molecule has 2 aromatic rings. The van der Waals surface area contributed by atoms with Gasteiger partial charge >= 0.3 is 0 Å². The van der Waals surface area contributed by atoms with E-state index in [2.05, 4.69) is 5.10 Å². The molecule has 2 rings (SSSR count). The number of rotatable bonds is 2. The van der Waals surface area contributed by atoms with Crippen LogP contribution in [0.4, 0.5) is 0 Å². The lowest BCUT2D eigenvalue weighted by Gasteiger charge is -2.08. The Morgan fingerprint density at radius 3 is 2.53 bits per heavy atom. The lowest BCUT2D eigenvalue weighted by Crippen LogP contribution is -2.01. The van der Waals surface area contributed by atoms with E-state index < -0.39 is 0 Å². The van der Waals surface area contributed by atoms with Crippen LogP contribution in [0.15, 0.2) is 18.2 Å². The van der Waals surface area contributed by atoms with E-state index in [1.54, 1.807) is 23.9 Å². The number of benzene rings is 1. The first kappa shape index (κ1) is 12.3. The lowest BCUT2D eigenvalue weighted by atomic mass is 10.3. The Kier molecular flexibility index (Phi) is 3.31. The van der Waals surface area contributed by atoms with Crippen molar-refractivity contribution in [3.05, 3.63) is 39.5 Å². The zero-order chi connectivity index (χ0) is 12.6. The maximum atomic E-state index is 6.15. The molecule has 3 nitrogen and oxygen atoms in total. The standard InChI is InChI=1S/C12H12Cl2N2O/c1-7-8(2)15-16(12(7)17-3)11-5-4-9(13)6-10(11)14/h4-6H,1-3H3. The third-order valence-corrected chi connectivity index (χ3v) is 3.17. The molecule has 0 unspecified atom stereocenters. The highest BCUT2D eigenvalue weighted by Gasteiger charge is 2.15. The summed E-state index contributed by atoms with van der Waals surface area (Å²) >= 11 is 12.0. The minimum absolute atomic E-state index is 0.540. The van der Waals surface area contributed by atoms with Crippen molar-refractivity contribution in [3.8, 4) is 11.6 Å². The van der Waals surface area contributed by atoms with Crippen LogP contribution in [0.5, 0.6) is 5.88 Å². The second-order valence-electron chi connectivity index (χ2n) is 3.73. The maximum Gasteiger partial charge on any atom is 0.219 e. The van der Waals surface area contributed by atoms with Crippen LogP contribution < -0.4 is 4.74 Å². The van der Waals surface area contributed by atoms with Crippen molar-refractivity contribution in [3.63, 3.8) is 0 Å². The summed E-state index contributed by atoms with van der Waals surface area (Å²) < 4.78 is 7.03. The first-order valence-corrected chi connectivity index (χ1v) is 5.86. The predicted octanol–water partition coefficient (Wildman–Crippen LogP) is 3.80. The number of methoxy groups -OCH3 is 1. The largest absolute Gasteiger partial charge is 0.481 e. The smallest absolute Gasteiger partial charge is 0.219 e. The summed E-state index contributed by atoms with van der Waals surface area (Å²) in [6.07, 6.45) is 0. The van der Waals surface area contributed by atoms with Crippen molar-refractivity contribution in [2.75, 3.05) is 7.11 Å². The van der Waals surface area contributed by atoms with Gasteiger partial charge in [-0.2, -0.15) is 9.78 Å². The van der Waals surface area contributed by atoms with Gasteiger partial charge in [0.25, 0.3) is 0 Å². The zero-order valence-electron chi connectivity index (χ0n) is 9.79. The summed E-state index contributed by atoms with van der Waals surface area (Å²) in [7, 11) is 1.61. The van der Waals surface area contributed by atoms with E-state index in [1.165, 1.54) is 0 Å². The van der Waals surface area contributed by atoms with Gasteiger partial charge in [-0.05, 0) is 32.0 Å². The van der Waals surface area contributed by atoms with Crippen LogP contribution in [0.2, 0.25) is 10.0 Å². The number of nitrogens with zero attached hydrogens (tertiary/aromatic N) is 2. The molecular weight excluding hydrogens is 259 g/mol. The van der Waals surface area contributed by atoms with Gasteiger partial charge in [-0.15, -0.1) is 0 Å². The van der Waals surface area contributed by atoms with Gasteiger partial charge in [0.15, 0.2) is 0 Å². The number of halogens is 2. The van der Waals surface area contributed by atoms with E-state index in [9.17, 15) is 0 Å². The molecule has 0 N–H and O–H groups in total. The summed E-state index contributed by atoms with van der Waals surface area (Å²) in [5, 5.41) is 5.54. The van der Waals surface area contributed by atoms with E-state index in [0.717, 1.165) is 16.9 Å². The van der Waals surface area contributed by atoms with Crippen LogP contribution in [0.3, 0.4) is 0 Å². The molecule has 1 aromatic heterocycles. The van der Waals surface area contributed by atoms with Gasteiger partial charge in [0.1, 0.15) is 0 Å². The van der Waals surface area contributed by atoms with Crippen molar-refractivity contribution in [1.29, 1.82) is 0 Å². The first-order valence-electron chi connectivity index (χ1n) is 5.10. The van der Waals surface area contributed by atoms with Crippen LogP contribution in [-0.2, 0) is 0 Å². The molecule has 0 saturated carbocycles. The van der Waals surface area contributed by atoms with Gasteiger partial charge in [-0.3, -0.25) is 0 Å². The summed E-state index contributed by atoms with van der Waals surface area (Å²) in [4.78, 5) is 0. The van der Waals surface area contributed by atoms with Crippen LogP contribution in [0, 0.1) is 13.8 Å². The minimum Gasteiger partial charge on any atom is -0.481 e. The van der Waals surface area contributed by atoms with Gasteiger partial charge in [0.2, 0.25) is 5.88 Å². The SMILES string of the molecule is COc1c(C)c(C)nn1-c1ccc(Cl)cc1Cl. The molecule has 1 heterocycles. The van der Waals surface area contributed by atoms with Crippen LogP contribution >= 0.6 is 23.2 Å². The molecule has 1 aromatic carbocycles. The monoisotopic (exact) mass is 270 g/mol. The first-order chi connectivity index (χ1) is 8.04. The number of ether oxygens (including phenoxy) is 1. The average molecular weight is 271 g/mol. The van der Waals surface area contributed by atoms with Crippen molar-refractivity contribution < 1.29 is 4.74 Å². The van der Waals surface area contributed by atoms with Crippen molar-refractivity contribution in [2.24, 2.45) is 0 Å². The number of hydrogen-bond donors (Lipinski definition) is 0. The molecule has 5 heteroatoms. The highest BCUT2D eigenvalue weighted by Crippen LogP contribution is 2.30. The molecule has 17 heavy (non-hydrogen) atoms. The van der Waals surface area contributed by atoms with Crippen molar-refractivity contribution in [1.82, 2.24) is 9.78 Å². The molecule has 90 valence electrons. The van der Waals surface area contributed by atoms with Crippen LogP contribution in [0.25, 0.3) is 5.69 Å². The van der Waals surface area contributed by atoms with Crippen LogP contribution in [0.1, 0.15) is 11.3 Å². The summed E-state index contributed by atoms with van der Waals surface area (Å²) in [5.41, 5.74) is 2.66. The van der Waals surface area contributed by atoms with Gasteiger partial charge in [-0.1, -0.05) is 23.2 Å². The number of aromatic nitrogens is 2. The Bertz CT molecular complexity index is 564.